The van der Waals surface area contributed by atoms with Crippen molar-refractivity contribution in [3.8, 4) is 5.75 Å². The Labute approximate surface area is 91.4 Å². The third-order valence-corrected chi connectivity index (χ3v) is 3.83. The van der Waals surface area contributed by atoms with Crippen molar-refractivity contribution in [2.45, 2.75) is 38.8 Å². The average molecular weight is 205 g/mol. The molecule has 3 unspecified atom stereocenters. The van der Waals surface area contributed by atoms with Gasteiger partial charge in [-0.2, -0.15) is 0 Å². The van der Waals surface area contributed by atoms with E-state index >= 15 is 0 Å². The zero-order chi connectivity index (χ0) is 10.9. The zero-order valence-corrected chi connectivity index (χ0v) is 9.44. The number of ether oxygens (including phenoxy) is 1. The second-order valence-electron chi connectivity index (χ2n) is 4.62. The van der Waals surface area contributed by atoms with E-state index in [0.29, 0.717) is 0 Å². The van der Waals surface area contributed by atoms with Gasteiger partial charge < -0.3 is 10.5 Å². The van der Waals surface area contributed by atoms with Crippen molar-refractivity contribution in [3.63, 3.8) is 0 Å². The number of para-hydroxylation sites is 1. The molecule has 2 heteroatoms. The minimum atomic E-state index is 0.149. The summed E-state index contributed by atoms with van der Waals surface area (Å²) in [5, 5.41) is 0. The average Bonchev–Trinajstić information content (AvgIpc) is 2.29. The smallest absolute Gasteiger partial charge is 0.119 e. The molecule has 1 fully saturated rings. The van der Waals surface area contributed by atoms with Gasteiger partial charge in [-0.3, -0.25) is 0 Å². The fraction of sp³-hybridized carbons (Fsp3) is 0.538. The molecule has 15 heavy (non-hydrogen) atoms. The van der Waals surface area contributed by atoms with E-state index in [9.17, 15) is 0 Å². The van der Waals surface area contributed by atoms with Crippen LogP contribution in [0.4, 0.5) is 0 Å². The summed E-state index contributed by atoms with van der Waals surface area (Å²) in [5.41, 5.74) is 6.18. The maximum atomic E-state index is 6.03. The monoisotopic (exact) mass is 205 g/mol. The molecule has 3 atom stereocenters. The second kappa shape index (κ2) is 3.86. The van der Waals surface area contributed by atoms with E-state index in [2.05, 4.69) is 13.8 Å². The molecule has 0 heterocycles. The van der Waals surface area contributed by atoms with Gasteiger partial charge >= 0.3 is 0 Å². The van der Waals surface area contributed by atoms with E-state index in [1.165, 1.54) is 0 Å². The Morgan fingerprint density at radius 2 is 2.07 bits per heavy atom. The van der Waals surface area contributed by atoms with E-state index in [-0.39, 0.29) is 17.6 Å². The molecule has 1 aliphatic rings. The van der Waals surface area contributed by atoms with Crippen LogP contribution in [0.15, 0.2) is 30.3 Å². The lowest BCUT2D eigenvalue weighted by molar-refractivity contribution is -0.0560. The first-order chi connectivity index (χ1) is 7.16. The number of rotatable bonds is 3. The molecule has 2 nitrogen and oxygen atoms in total. The minimum absolute atomic E-state index is 0.149. The first-order valence-electron chi connectivity index (χ1n) is 5.64. The first kappa shape index (κ1) is 10.5. The molecule has 0 amide bonds. The topological polar surface area (TPSA) is 35.2 Å². The molecule has 1 aliphatic carbocycles. The van der Waals surface area contributed by atoms with Crippen molar-refractivity contribution in [2.24, 2.45) is 11.1 Å². The lowest BCUT2D eigenvalue weighted by Crippen LogP contribution is -2.61. The normalized spacial score (nSPS) is 34.6. The van der Waals surface area contributed by atoms with Crippen LogP contribution in [-0.4, -0.2) is 12.1 Å². The third kappa shape index (κ3) is 1.74. The van der Waals surface area contributed by atoms with Gasteiger partial charge in [0.05, 0.1) is 0 Å². The van der Waals surface area contributed by atoms with Gasteiger partial charge in [0.25, 0.3) is 0 Å². The molecule has 0 bridgehead atoms. The SMILES string of the molecule is CCC1(C)C(N)CC1Oc1ccccc1. The lowest BCUT2D eigenvalue weighted by atomic mass is 9.62. The van der Waals surface area contributed by atoms with Crippen LogP contribution in [0, 0.1) is 5.41 Å². The van der Waals surface area contributed by atoms with Crippen LogP contribution in [0.25, 0.3) is 0 Å². The van der Waals surface area contributed by atoms with Gasteiger partial charge in [0, 0.05) is 17.9 Å². The molecule has 82 valence electrons. The predicted molar refractivity (Wildman–Crippen MR) is 61.8 cm³/mol. The van der Waals surface area contributed by atoms with Crippen LogP contribution in [0.1, 0.15) is 26.7 Å². The highest BCUT2D eigenvalue weighted by molar-refractivity contribution is 5.22. The van der Waals surface area contributed by atoms with Crippen LogP contribution in [0.2, 0.25) is 0 Å². The van der Waals surface area contributed by atoms with Crippen LogP contribution in [0.3, 0.4) is 0 Å². The molecule has 1 saturated carbocycles. The van der Waals surface area contributed by atoms with Crippen molar-refractivity contribution in [3.05, 3.63) is 30.3 Å². The van der Waals surface area contributed by atoms with Gasteiger partial charge in [-0.05, 0) is 18.6 Å². The summed E-state index contributed by atoms with van der Waals surface area (Å²) in [4.78, 5) is 0. The summed E-state index contributed by atoms with van der Waals surface area (Å²) >= 11 is 0. The fourth-order valence-electron chi connectivity index (χ4n) is 2.18. The van der Waals surface area contributed by atoms with Crippen LogP contribution in [0.5, 0.6) is 5.75 Å². The summed E-state index contributed by atoms with van der Waals surface area (Å²) in [5.74, 6) is 0.953. The maximum Gasteiger partial charge on any atom is 0.119 e. The van der Waals surface area contributed by atoms with Crippen LogP contribution in [-0.2, 0) is 0 Å². The molecule has 0 aliphatic heterocycles. The summed E-state index contributed by atoms with van der Waals surface area (Å²) in [6, 6.07) is 10.3. The molecule has 1 aromatic rings. The Kier molecular flexibility index (Phi) is 2.70. The van der Waals surface area contributed by atoms with Crippen molar-refractivity contribution in [1.82, 2.24) is 0 Å². The van der Waals surface area contributed by atoms with Crippen molar-refractivity contribution < 1.29 is 4.74 Å². The van der Waals surface area contributed by atoms with E-state index < -0.39 is 0 Å². The van der Waals surface area contributed by atoms with E-state index in [0.717, 1.165) is 18.6 Å². The predicted octanol–water partition coefficient (Wildman–Crippen LogP) is 2.58. The molecule has 1 aromatic carbocycles. The van der Waals surface area contributed by atoms with Crippen LogP contribution >= 0.6 is 0 Å². The van der Waals surface area contributed by atoms with Gasteiger partial charge in [0.1, 0.15) is 11.9 Å². The highest BCUT2D eigenvalue weighted by atomic mass is 16.5. The van der Waals surface area contributed by atoms with E-state index in [4.69, 9.17) is 10.5 Å². The molecular weight excluding hydrogens is 186 g/mol. The number of benzene rings is 1. The van der Waals surface area contributed by atoms with Crippen LogP contribution < -0.4 is 10.5 Å². The fourth-order valence-corrected chi connectivity index (χ4v) is 2.18. The van der Waals surface area contributed by atoms with Crippen molar-refractivity contribution in [2.75, 3.05) is 0 Å². The largest absolute Gasteiger partial charge is 0.490 e. The Hall–Kier alpha value is -1.02. The summed E-state index contributed by atoms with van der Waals surface area (Å²) in [7, 11) is 0. The third-order valence-electron chi connectivity index (χ3n) is 3.83. The van der Waals surface area contributed by atoms with Gasteiger partial charge in [0.15, 0.2) is 0 Å². The standard InChI is InChI=1S/C13H19NO/c1-3-13(2)11(14)9-12(13)15-10-7-5-4-6-8-10/h4-8,11-12H,3,9,14H2,1-2H3. The summed E-state index contributed by atoms with van der Waals surface area (Å²) in [6.45, 7) is 4.40. The number of hydrogen-bond acceptors (Lipinski definition) is 2. The minimum Gasteiger partial charge on any atom is -0.490 e. The quantitative estimate of drug-likeness (QED) is 0.823. The van der Waals surface area contributed by atoms with Crippen molar-refractivity contribution in [1.29, 1.82) is 0 Å². The second-order valence-corrected chi connectivity index (χ2v) is 4.62. The first-order valence-corrected chi connectivity index (χ1v) is 5.64. The Bertz CT molecular complexity index is 325. The molecule has 0 spiro atoms. The Morgan fingerprint density at radius 3 is 2.60 bits per heavy atom. The molecule has 0 saturated heterocycles. The maximum absolute atomic E-state index is 6.03. The molecule has 0 aromatic heterocycles. The number of nitrogens with two attached hydrogens (primary N) is 1. The molecular formula is C13H19NO. The van der Waals surface area contributed by atoms with Gasteiger partial charge in [-0.1, -0.05) is 32.0 Å². The highest BCUT2D eigenvalue weighted by Gasteiger charge is 2.50. The van der Waals surface area contributed by atoms with Gasteiger partial charge in [-0.15, -0.1) is 0 Å². The Balaban J connectivity index is 2.03. The molecule has 2 N–H and O–H groups in total. The highest BCUT2D eigenvalue weighted by Crippen LogP contribution is 2.44. The van der Waals surface area contributed by atoms with Crippen molar-refractivity contribution >= 4 is 0 Å². The van der Waals surface area contributed by atoms with E-state index in [1.54, 1.807) is 0 Å². The summed E-state index contributed by atoms with van der Waals surface area (Å²) < 4.78 is 5.95. The molecule has 2 rings (SSSR count). The van der Waals surface area contributed by atoms with Gasteiger partial charge in [-0.25, -0.2) is 0 Å². The summed E-state index contributed by atoms with van der Waals surface area (Å²) in [6.07, 6.45) is 2.32. The number of hydrogen-bond donors (Lipinski definition) is 1. The Morgan fingerprint density at radius 1 is 1.40 bits per heavy atom. The lowest BCUT2D eigenvalue weighted by Gasteiger charge is -2.51. The van der Waals surface area contributed by atoms with Gasteiger partial charge in [0.2, 0.25) is 0 Å². The zero-order valence-electron chi connectivity index (χ0n) is 9.44. The van der Waals surface area contributed by atoms with E-state index in [1.807, 2.05) is 30.3 Å². The molecule has 0 radical (unpaired) electrons.